The maximum atomic E-state index is 10.6. The molecular weight excluding hydrogens is 176 g/mol. The van der Waals surface area contributed by atoms with Crippen molar-refractivity contribution in [3.8, 4) is 0 Å². The molecule has 1 heterocycles. The first-order chi connectivity index (χ1) is 6.51. The molecule has 0 aliphatic carbocycles. The molecule has 0 spiro atoms. The van der Waals surface area contributed by atoms with E-state index in [4.69, 9.17) is 0 Å². The van der Waals surface area contributed by atoms with Crippen LogP contribution in [0.2, 0.25) is 0 Å². The van der Waals surface area contributed by atoms with Gasteiger partial charge in [-0.05, 0) is 39.5 Å². The number of nitrogens with one attached hydrogen (secondary N) is 1. The smallest absolute Gasteiger partial charge is 0.209 e. The lowest BCUT2D eigenvalue weighted by Gasteiger charge is -2.32. The first-order valence-electron chi connectivity index (χ1n) is 5.45. The van der Waals surface area contributed by atoms with Crippen LogP contribution in [0.1, 0.15) is 33.6 Å². The van der Waals surface area contributed by atoms with E-state index in [1.165, 1.54) is 6.42 Å². The van der Waals surface area contributed by atoms with E-state index in [1.54, 1.807) is 0 Å². The van der Waals surface area contributed by atoms with Crippen LogP contribution < -0.4 is 5.32 Å². The van der Waals surface area contributed by atoms with Gasteiger partial charge in [-0.1, -0.05) is 0 Å². The summed E-state index contributed by atoms with van der Waals surface area (Å²) in [7, 11) is 0. The van der Waals surface area contributed by atoms with Gasteiger partial charge >= 0.3 is 0 Å². The first-order valence-corrected chi connectivity index (χ1v) is 5.45. The van der Waals surface area contributed by atoms with Gasteiger partial charge in [0.05, 0.1) is 0 Å². The molecule has 1 atom stereocenters. The van der Waals surface area contributed by atoms with E-state index in [0.29, 0.717) is 5.92 Å². The van der Waals surface area contributed by atoms with Crippen LogP contribution in [-0.2, 0) is 4.79 Å². The average Bonchev–Trinajstić information content (AvgIpc) is 2.14. The number of amides is 1. The van der Waals surface area contributed by atoms with Crippen molar-refractivity contribution in [1.82, 2.24) is 10.2 Å². The molecule has 1 N–H and O–H groups in total. The molecular formula is C11H22N2O. The van der Waals surface area contributed by atoms with Gasteiger partial charge in [0.1, 0.15) is 0 Å². The summed E-state index contributed by atoms with van der Waals surface area (Å²) < 4.78 is 0. The summed E-state index contributed by atoms with van der Waals surface area (Å²) in [6, 6.07) is 0. The number of carbonyl (C=O) groups is 1. The molecule has 0 aromatic carbocycles. The highest BCUT2D eigenvalue weighted by atomic mass is 16.1. The van der Waals surface area contributed by atoms with Crippen molar-refractivity contribution >= 4 is 6.41 Å². The second-order valence-electron chi connectivity index (χ2n) is 5.24. The van der Waals surface area contributed by atoms with Crippen LogP contribution in [0, 0.1) is 5.92 Å². The number of hydrogen-bond donors (Lipinski definition) is 1. The molecule has 0 aromatic heterocycles. The Morgan fingerprint density at radius 3 is 2.79 bits per heavy atom. The number of likely N-dealkylation sites (tertiary alicyclic amines) is 1. The molecule has 14 heavy (non-hydrogen) atoms. The van der Waals surface area contributed by atoms with E-state index in [9.17, 15) is 4.79 Å². The fraction of sp³-hybridized carbons (Fsp3) is 0.909. The molecule has 0 aromatic rings. The summed E-state index contributed by atoms with van der Waals surface area (Å²) >= 11 is 0. The molecule has 3 heteroatoms. The molecule has 82 valence electrons. The van der Waals surface area contributed by atoms with Crippen molar-refractivity contribution in [2.75, 3.05) is 19.6 Å². The van der Waals surface area contributed by atoms with Crippen LogP contribution in [0.3, 0.4) is 0 Å². The highest BCUT2D eigenvalue weighted by Gasteiger charge is 2.20. The van der Waals surface area contributed by atoms with Crippen LogP contribution >= 0.6 is 0 Å². The predicted octanol–water partition coefficient (Wildman–Crippen LogP) is 1.24. The average molecular weight is 198 g/mol. The summed E-state index contributed by atoms with van der Waals surface area (Å²) in [5.74, 6) is 0.633. The Labute approximate surface area is 86.9 Å². The van der Waals surface area contributed by atoms with Crippen molar-refractivity contribution in [1.29, 1.82) is 0 Å². The van der Waals surface area contributed by atoms with Crippen LogP contribution in [0.15, 0.2) is 0 Å². The molecule has 0 radical (unpaired) electrons. The Hall–Kier alpha value is -0.570. The van der Waals surface area contributed by atoms with Gasteiger partial charge in [-0.25, -0.2) is 0 Å². The van der Waals surface area contributed by atoms with E-state index in [0.717, 1.165) is 32.5 Å². The Morgan fingerprint density at radius 2 is 2.21 bits per heavy atom. The topological polar surface area (TPSA) is 32.3 Å². The number of hydrogen-bond acceptors (Lipinski definition) is 2. The lowest BCUT2D eigenvalue weighted by molar-refractivity contribution is -0.119. The van der Waals surface area contributed by atoms with E-state index in [1.807, 2.05) is 4.90 Å². The molecule has 1 unspecified atom stereocenters. The SMILES string of the molecule is CC(C)(C)NCC1CCCN(C=O)C1. The number of carbonyl (C=O) groups excluding carboxylic acids is 1. The molecule has 1 aliphatic heterocycles. The Bertz CT molecular complexity index is 186. The van der Waals surface area contributed by atoms with Gasteiger partial charge in [0, 0.05) is 25.2 Å². The summed E-state index contributed by atoms with van der Waals surface area (Å²) in [6.45, 7) is 9.41. The highest BCUT2D eigenvalue weighted by Crippen LogP contribution is 2.15. The summed E-state index contributed by atoms with van der Waals surface area (Å²) in [4.78, 5) is 12.5. The minimum absolute atomic E-state index is 0.184. The third-order valence-electron chi connectivity index (χ3n) is 2.62. The summed E-state index contributed by atoms with van der Waals surface area (Å²) in [5, 5.41) is 3.49. The zero-order valence-corrected chi connectivity index (χ0v) is 9.55. The molecule has 0 bridgehead atoms. The van der Waals surface area contributed by atoms with E-state index < -0.39 is 0 Å². The largest absolute Gasteiger partial charge is 0.345 e. The molecule has 1 fully saturated rings. The van der Waals surface area contributed by atoms with E-state index in [2.05, 4.69) is 26.1 Å². The number of piperidine rings is 1. The normalized spacial score (nSPS) is 23.6. The zero-order chi connectivity index (χ0) is 10.6. The fourth-order valence-electron chi connectivity index (χ4n) is 1.81. The van der Waals surface area contributed by atoms with Gasteiger partial charge in [-0.2, -0.15) is 0 Å². The van der Waals surface area contributed by atoms with Crippen molar-refractivity contribution < 1.29 is 4.79 Å². The maximum absolute atomic E-state index is 10.6. The molecule has 1 amide bonds. The van der Waals surface area contributed by atoms with Crippen LogP contribution in [0.4, 0.5) is 0 Å². The van der Waals surface area contributed by atoms with Gasteiger partial charge in [0.25, 0.3) is 0 Å². The lowest BCUT2D eigenvalue weighted by atomic mass is 9.97. The van der Waals surface area contributed by atoms with Crippen LogP contribution in [0.25, 0.3) is 0 Å². The lowest BCUT2D eigenvalue weighted by Crippen LogP contribution is -2.44. The van der Waals surface area contributed by atoms with Crippen LogP contribution in [0.5, 0.6) is 0 Å². The third kappa shape index (κ3) is 4.09. The number of rotatable bonds is 3. The summed E-state index contributed by atoms with van der Waals surface area (Å²) in [6.07, 6.45) is 3.37. The highest BCUT2D eigenvalue weighted by molar-refractivity contribution is 5.47. The standard InChI is InChI=1S/C11H22N2O/c1-11(2,3)12-7-10-5-4-6-13(8-10)9-14/h9-10,12H,4-8H2,1-3H3. The Morgan fingerprint density at radius 1 is 1.50 bits per heavy atom. The van der Waals surface area contributed by atoms with Crippen molar-refractivity contribution in [3.63, 3.8) is 0 Å². The minimum Gasteiger partial charge on any atom is -0.345 e. The minimum atomic E-state index is 0.184. The quantitative estimate of drug-likeness (QED) is 0.692. The van der Waals surface area contributed by atoms with Crippen LogP contribution in [-0.4, -0.2) is 36.5 Å². The second-order valence-corrected chi connectivity index (χ2v) is 5.24. The second kappa shape index (κ2) is 4.78. The summed E-state index contributed by atoms with van der Waals surface area (Å²) in [5.41, 5.74) is 0.184. The van der Waals surface area contributed by atoms with Crippen molar-refractivity contribution in [2.24, 2.45) is 5.92 Å². The molecule has 3 nitrogen and oxygen atoms in total. The monoisotopic (exact) mass is 198 g/mol. The Kier molecular flexibility index (Phi) is 3.93. The van der Waals surface area contributed by atoms with Gasteiger partial charge in [-0.15, -0.1) is 0 Å². The molecule has 0 saturated carbocycles. The van der Waals surface area contributed by atoms with Gasteiger partial charge in [0.2, 0.25) is 6.41 Å². The maximum Gasteiger partial charge on any atom is 0.209 e. The molecule has 1 aliphatic rings. The van der Waals surface area contributed by atoms with Crippen molar-refractivity contribution in [3.05, 3.63) is 0 Å². The third-order valence-corrected chi connectivity index (χ3v) is 2.62. The first kappa shape index (κ1) is 11.5. The predicted molar refractivity (Wildman–Crippen MR) is 58.1 cm³/mol. The van der Waals surface area contributed by atoms with Crippen molar-refractivity contribution in [2.45, 2.75) is 39.2 Å². The van der Waals surface area contributed by atoms with E-state index in [-0.39, 0.29) is 5.54 Å². The van der Waals surface area contributed by atoms with Gasteiger partial charge in [-0.3, -0.25) is 4.79 Å². The van der Waals surface area contributed by atoms with E-state index >= 15 is 0 Å². The zero-order valence-electron chi connectivity index (χ0n) is 9.55. The fourth-order valence-corrected chi connectivity index (χ4v) is 1.81. The van der Waals surface area contributed by atoms with Gasteiger partial charge in [0.15, 0.2) is 0 Å². The molecule has 1 saturated heterocycles. The Balaban J connectivity index is 2.27. The van der Waals surface area contributed by atoms with Gasteiger partial charge < -0.3 is 10.2 Å². The molecule has 1 rings (SSSR count). The number of nitrogens with zero attached hydrogens (tertiary/aromatic N) is 1.